The molecule has 0 saturated heterocycles. The summed E-state index contributed by atoms with van der Waals surface area (Å²) in [7, 11) is 0. The Morgan fingerprint density at radius 3 is 2.68 bits per heavy atom. The summed E-state index contributed by atoms with van der Waals surface area (Å²) in [5.74, 6) is -0.819. The molecule has 0 fully saturated rings. The van der Waals surface area contributed by atoms with Crippen molar-refractivity contribution < 1.29 is 9.90 Å². The van der Waals surface area contributed by atoms with Crippen molar-refractivity contribution in [2.75, 3.05) is 0 Å². The van der Waals surface area contributed by atoms with E-state index in [1.54, 1.807) is 0 Å². The van der Waals surface area contributed by atoms with Crippen molar-refractivity contribution in [1.29, 1.82) is 0 Å². The lowest BCUT2D eigenvalue weighted by molar-refractivity contribution is -0.140. The summed E-state index contributed by atoms with van der Waals surface area (Å²) in [6.45, 7) is 5.91. The van der Waals surface area contributed by atoms with E-state index < -0.39 is 12.0 Å². The second kappa shape index (κ2) is 5.05. The van der Waals surface area contributed by atoms with E-state index >= 15 is 0 Å². The number of para-hydroxylation sites is 1. The highest BCUT2D eigenvalue weighted by atomic mass is 16.4. The standard InChI is InChI=1S/C15H20N2O2/c1-15(2,3)17-13(14(18)19)8-10-9-16-12-7-5-4-6-11(10)12/h4-7,9,13,16-17H,8H2,1-3H3,(H,18,19)/t13-/m0/s1. The summed E-state index contributed by atoms with van der Waals surface area (Å²) >= 11 is 0. The summed E-state index contributed by atoms with van der Waals surface area (Å²) < 4.78 is 0. The van der Waals surface area contributed by atoms with Crippen LogP contribution in [0.4, 0.5) is 0 Å². The number of nitrogens with one attached hydrogen (secondary N) is 2. The largest absolute Gasteiger partial charge is 0.480 e. The second-order valence-corrected chi connectivity index (χ2v) is 5.85. The van der Waals surface area contributed by atoms with Crippen molar-refractivity contribution in [1.82, 2.24) is 10.3 Å². The highest BCUT2D eigenvalue weighted by Gasteiger charge is 2.24. The lowest BCUT2D eigenvalue weighted by Gasteiger charge is -2.25. The lowest BCUT2D eigenvalue weighted by Crippen LogP contribution is -2.48. The monoisotopic (exact) mass is 260 g/mol. The van der Waals surface area contributed by atoms with E-state index in [0.717, 1.165) is 16.5 Å². The smallest absolute Gasteiger partial charge is 0.321 e. The molecule has 2 aromatic rings. The molecule has 1 aromatic heterocycles. The molecule has 0 saturated carbocycles. The number of carboxylic acids is 1. The average Bonchev–Trinajstić information content (AvgIpc) is 2.70. The number of hydrogen-bond donors (Lipinski definition) is 3. The lowest BCUT2D eigenvalue weighted by atomic mass is 10.0. The second-order valence-electron chi connectivity index (χ2n) is 5.85. The fraction of sp³-hybridized carbons (Fsp3) is 0.400. The molecule has 0 aliphatic heterocycles. The molecule has 4 heteroatoms. The van der Waals surface area contributed by atoms with Crippen LogP contribution in [0, 0.1) is 0 Å². The first kappa shape index (κ1) is 13.6. The topological polar surface area (TPSA) is 65.1 Å². The number of aliphatic carboxylic acids is 1. The van der Waals surface area contributed by atoms with Gasteiger partial charge in [-0.25, -0.2) is 0 Å². The first-order chi connectivity index (χ1) is 8.87. The van der Waals surface area contributed by atoms with Gasteiger partial charge in [0.25, 0.3) is 0 Å². The number of rotatable bonds is 4. The zero-order valence-electron chi connectivity index (χ0n) is 11.5. The molecule has 2 rings (SSSR count). The number of aromatic amines is 1. The van der Waals surface area contributed by atoms with Gasteiger partial charge in [-0.15, -0.1) is 0 Å². The molecule has 0 spiro atoms. The molecule has 0 unspecified atom stereocenters. The maximum Gasteiger partial charge on any atom is 0.321 e. The first-order valence-electron chi connectivity index (χ1n) is 6.42. The Hall–Kier alpha value is -1.81. The first-order valence-corrected chi connectivity index (χ1v) is 6.42. The Morgan fingerprint density at radius 1 is 1.37 bits per heavy atom. The van der Waals surface area contributed by atoms with Crippen LogP contribution in [0.3, 0.4) is 0 Å². The van der Waals surface area contributed by atoms with E-state index in [9.17, 15) is 9.90 Å². The van der Waals surface area contributed by atoms with Gasteiger partial charge in [-0.1, -0.05) is 18.2 Å². The van der Waals surface area contributed by atoms with Crippen LogP contribution in [-0.4, -0.2) is 27.6 Å². The molecule has 19 heavy (non-hydrogen) atoms. The van der Waals surface area contributed by atoms with Crippen LogP contribution in [0.2, 0.25) is 0 Å². The molecular formula is C15H20N2O2. The molecule has 1 aromatic carbocycles. The van der Waals surface area contributed by atoms with Gasteiger partial charge >= 0.3 is 5.97 Å². The van der Waals surface area contributed by atoms with Gasteiger partial charge in [-0.2, -0.15) is 0 Å². The molecule has 0 amide bonds. The van der Waals surface area contributed by atoms with E-state index in [2.05, 4.69) is 10.3 Å². The number of H-pyrrole nitrogens is 1. The third-order valence-corrected chi connectivity index (χ3v) is 3.00. The number of aromatic nitrogens is 1. The third kappa shape index (κ3) is 3.35. The molecule has 3 N–H and O–H groups in total. The van der Waals surface area contributed by atoms with Crippen LogP contribution in [-0.2, 0) is 11.2 Å². The third-order valence-electron chi connectivity index (χ3n) is 3.00. The molecule has 1 heterocycles. The number of carboxylic acid groups (broad SMARTS) is 1. The van der Waals surface area contributed by atoms with E-state index in [1.165, 1.54) is 0 Å². The van der Waals surface area contributed by atoms with Crippen molar-refractivity contribution in [3.63, 3.8) is 0 Å². The zero-order valence-corrected chi connectivity index (χ0v) is 11.5. The number of carbonyl (C=O) groups is 1. The minimum atomic E-state index is -0.819. The summed E-state index contributed by atoms with van der Waals surface area (Å²) in [5.41, 5.74) is 1.84. The molecule has 0 bridgehead atoms. The minimum absolute atomic E-state index is 0.227. The van der Waals surface area contributed by atoms with Crippen LogP contribution in [0.25, 0.3) is 10.9 Å². The normalized spacial score (nSPS) is 13.6. The number of hydrogen-bond acceptors (Lipinski definition) is 2. The van der Waals surface area contributed by atoms with Gasteiger partial charge in [-0.3, -0.25) is 10.1 Å². The predicted octanol–water partition coefficient (Wildman–Crippen LogP) is 2.55. The summed E-state index contributed by atoms with van der Waals surface area (Å²) in [6, 6.07) is 7.35. The summed E-state index contributed by atoms with van der Waals surface area (Å²) in [5, 5.41) is 13.6. The minimum Gasteiger partial charge on any atom is -0.480 e. The maximum atomic E-state index is 11.4. The molecule has 102 valence electrons. The van der Waals surface area contributed by atoms with Crippen LogP contribution < -0.4 is 5.32 Å². The molecular weight excluding hydrogens is 240 g/mol. The number of benzene rings is 1. The van der Waals surface area contributed by atoms with Gasteiger partial charge in [0.05, 0.1) is 0 Å². The van der Waals surface area contributed by atoms with Gasteiger partial charge in [0.2, 0.25) is 0 Å². The summed E-state index contributed by atoms with van der Waals surface area (Å²) in [6.07, 6.45) is 2.36. The van der Waals surface area contributed by atoms with Crippen LogP contribution in [0.5, 0.6) is 0 Å². The van der Waals surface area contributed by atoms with Crippen molar-refractivity contribution in [2.24, 2.45) is 0 Å². The maximum absolute atomic E-state index is 11.4. The predicted molar refractivity (Wildman–Crippen MR) is 76.3 cm³/mol. The van der Waals surface area contributed by atoms with Gasteiger partial charge in [-0.05, 0) is 32.4 Å². The van der Waals surface area contributed by atoms with E-state index in [1.807, 2.05) is 51.2 Å². The van der Waals surface area contributed by atoms with E-state index in [-0.39, 0.29) is 5.54 Å². The van der Waals surface area contributed by atoms with Gasteiger partial charge in [0.15, 0.2) is 0 Å². The molecule has 1 atom stereocenters. The fourth-order valence-electron chi connectivity index (χ4n) is 2.24. The quantitative estimate of drug-likeness (QED) is 0.791. The average molecular weight is 260 g/mol. The number of fused-ring (bicyclic) bond motifs is 1. The van der Waals surface area contributed by atoms with Crippen LogP contribution in [0.15, 0.2) is 30.5 Å². The Balaban J connectivity index is 2.24. The molecule has 0 aliphatic carbocycles. The van der Waals surface area contributed by atoms with E-state index in [4.69, 9.17) is 0 Å². The van der Waals surface area contributed by atoms with Crippen molar-refractivity contribution in [3.8, 4) is 0 Å². The van der Waals surface area contributed by atoms with E-state index in [0.29, 0.717) is 6.42 Å². The van der Waals surface area contributed by atoms with Crippen LogP contribution in [0.1, 0.15) is 26.3 Å². The Morgan fingerprint density at radius 2 is 2.05 bits per heavy atom. The van der Waals surface area contributed by atoms with Crippen molar-refractivity contribution in [3.05, 3.63) is 36.0 Å². The fourth-order valence-corrected chi connectivity index (χ4v) is 2.24. The zero-order chi connectivity index (χ0) is 14.0. The summed E-state index contributed by atoms with van der Waals surface area (Å²) in [4.78, 5) is 14.5. The highest BCUT2D eigenvalue weighted by Crippen LogP contribution is 2.19. The van der Waals surface area contributed by atoms with Crippen molar-refractivity contribution >= 4 is 16.9 Å². The Labute approximate surface area is 112 Å². The van der Waals surface area contributed by atoms with Gasteiger partial charge in [0.1, 0.15) is 6.04 Å². The van der Waals surface area contributed by atoms with Crippen molar-refractivity contribution in [2.45, 2.75) is 38.8 Å². The Kier molecular flexibility index (Phi) is 3.62. The SMILES string of the molecule is CC(C)(C)N[C@@H](Cc1c[nH]c2ccccc12)C(=O)O. The van der Waals surface area contributed by atoms with Gasteiger partial charge in [0, 0.05) is 29.1 Å². The molecule has 0 radical (unpaired) electrons. The van der Waals surface area contributed by atoms with Gasteiger partial charge < -0.3 is 10.1 Å². The molecule has 0 aliphatic rings. The Bertz CT molecular complexity index is 581. The highest BCUT2D eigenvalue weighted by molar-refractivity contribution is 5.84. The molecule has 4 nitrogen and oxygen atoms in total. The van der Waals surface area contributed by atoms with Crippen LogP contribution >= 0.6 is 0 Å².